The Hall–Kier alpha value is -3.34. The lowest BCUT2D eigenvalue weighted by Crippen LogP contribution is -2.29. The molecular formula is C20H30FN5O4S. The summed E-state index contributed by atoms with van der Waals surface area (Å²) >= 11 is 0. The quantitative estimate of drug-likeness (QED) is 0.184. The van der Waals surface area contributed by atoms with E-state index in [1.165, 1.54) is 0 Å². The molecule has 172 valence electrons. The van der Waals surface area contributed by atoms with Crippen LogP contribution in [0.4, 0.5) is 10.4 Å². The first kappa shape index (κ1) is 25.7. The van der Waals surface area contributed by atoms with E-state index in [1.54, 1.807) is 42.5 Å². The van der Waals surface area contributed by atoms with E-state index in [0.717, 1.165) is 5.56 Å². The first-order valence-corrected chi connectivity index (χ1v) is 10.5. The fraction of sp³-hybridized carbons (Fsp3) is 0.300. The molecule has 6 N–H and O–H groups in total. The lowest BCUT2D eigenvalue weighted by Gasteiger charge is -2.12. The highest BCUT2D eigenvalue weighted by Crippen LogP contribution is 2.18. The Morgan fingerprint density at radius 2 is 1.87 bits per heavy atom. The molecule has 0 radical (unpaired) electrons. The Balaban J connectivity index is 0.00000311. The zero-order valence-electron chi connectivity index (χ0n) is 17.5. The largest absolute Gasteiger partial charge is 0.391 e. The molecule has 0 atom stereocenters. The number of nitrogens with zero attached hydrogens (tertiary/aromatic N) is 1. The van der Waals surface area contributed by atoms with Gasteiger partial charge in [0.2, 0.25) is 21.9 Å². The van der Waals surface area contributed by atoms with Crippen molar-refractivity contribution in [2.45, 2.75) is 26.5 Å². The predicted molar refractivity (Wildman–Crippen MR) is 122 cm³/mol. The van der Waals surface area contributed by atoms with Crippen LogP contribution in [0.3, 0.4) is 0 Å². The minimum Gasteiger partial charge on any atom is -0.391 e. The number of guanidine groups is 1. The molecular weight excluding hydrogens is 425 g/mol. The van der Waals surface area contributed by atoms with Crippen LogP contribution in [-0.4, -0.2) is 34.9 Å². The number of amides is 1. The molecule has 0 heterocycles. The van der Waals surface area contributed by atoms with Gasteiger partial charge in [-0.3, -0.25) is 14.2 Å². The number of benzene rings is 2. The number of hydrogen-bond donors (Lipinski definition) is 4. The lowest BCUT2D eigenvalue weighted by molar-refractivity contribution is -0.120. The molecule has 9 nitrogen and oxygen atoms in total. The highest BCUT2D eigenvalue weighted by molar-refractivity contribution is 7.91. The summed E-state index contributed by atoms with van der Waals surface area (Å²) in [5.74, 6) is -0.558. The number of carbonyl (C=O) groups excluding carboxylic acids is 1. The fourth-order valence-electron chi connectivity index (χ4n) is 2.53. The van der Waals surface area contributed by atoms with Gasteiger partial charge in [0, 0.05) is 5.69 Å². The van der Waals surface area contributed by atoms with Crippen LogP contribution < -0.4 is 21.5 Å². The number of nitrogens with one attached hydrogen (secondary N) is 2. The molecule has 0 bridgehead atoms. The number of halogens is 1. The predicted octanol–water partition coefficient (Wildman–Crippen LogP) is 1.59. The average molecular weight is 458 g/mol. The number of rotatable bonds is 10. The Kier molecular flexibility index (Phi) is 10.8. The van der Waals surface area contributed by atoms with Crippen LogP contribution in [0.1, 0.15) is 24.1 Å². The van der Waals surface area contributed by atoms with E-state index in [9.17, 15) is 13.2 Å². The van der Waals surface area contributed by atoms with Gasteiger partial charge < -0.3 is 21.6 Å². The monoisotopic (exact) mass is 457 g/mol. The molecule has 2 aromatic carbocycles. The van der Waals surface area contributed by atoms with Crippen molar-refractivity contribution in [3.8, 4) is 0 Å². The Morgan fingerprint density at radius 1 is 1.19 bits per heavy atom. The third-order valence-electron chi connectivity index (χ3n) is 3.86. The van der Waals surface area contributed by atoms with Crippen LogP contribution in [0.5, 0.6) is 0 Å². The van der Waals surface area contributed by atoms with Crippen LogP contribution in [0.25, 0.3) is 0 Å². The maximum atomic E-state index is 12.4. The van der Waals surface area contributed by atoms with Gasteiger partial charge in [-0.2, -0.15) is 0 Å². The first-order chi connectivity index (χ1) is 14.7. The van der Waals surface area contributed by atoms with E-state index in [-0.39, 0.29) is 44.6 Å². The number of aryl methyl sites for hydroxylation is 1. The maximum Gasteiger partial charge on any atom is 0.269 e. The standard InChI is InChI=1S/C19H25N5O4S.CH4.FH/c1-14-7-8-17(24-29(26,27)13-15-5-3-2-4-6-15)11-16(14)12-18(25)22-9-10-28-23-19(20)21;;/h2-8,11,24H,9-10,12-13H2,1H3,(H,22,25)(H4,20,21,23);1H4;1H/i/hT. The number of nitrogens with two attached hydrogens (primary N) is 2. The number of hydrogen-bond acceptors (Lipinski definition) is 5. The van der Waals surface area contributed by atoms with E-state index >= 15 is 0 Å². The molecule has 1 amide bonds. The first-order valence-electron chi connectivity index (χ1n) is 9.24. The summed E-state index contributed by atoms with van der Waals surface area (Å²) in [7, 11) is -3.57. The fourth-order valence-corrected chi connectivity index (χ4v) is 3.72. The summed E-state index contributed by atoms with van der Waals surface area (Å²) < 4.78 is 40.4. The second-order valence-electron chi connectivity index (χ2n) is 6.36. The smallest absolute Gasteiger partial charge is 0.269 e. The molecule has 0 aromatic heterocycles. The second kappa shape index (κ2) is 13.1. The van der Waals surface area contributed by atoms with Crippen LogP contribution in [0, 0.1) is 6.92 Å². The van der Waals surface area contributed by atoms with Crippen LogP contribution in [-0.2, 0) is 31.8 Å². The molecule has 31 heavy (non-hydrogen) atoms. The number of sulfonamides is 1. The van der Waals surface area contributed by atoms with Gasteiger partial charge in [0.25, 0.3) is 1.45 Å². The molecule has 0 aliphatic rings. The Bertz CT molecular complexity index is 971. The van der Waals surface area contributed by atoms with Gasteiger partial charge in [-0.05, 0) is 40.9 Å². The molecule has 0 aliphatic carbocycles. The van der Waals surface area contributed by atoms with E-state index in [1.807, 2.05) is 13.0 Å². The molecule has 0 fully saturated rings. The van der Waals surface area contributed by atoms with Crippen molar-refractivity contribution in [1.82, 2.24) is 5.32 Å². The van der Waals surface area contributed by atoms with Crippen molar-refractivity contribution in [1.29, 1.82) is 1.45 Å². The molecule has 0 saturated heterocycles. The maximum absolute atomic E-state index is 12.4. The van der Waals surface area contributed by atoms with Gasteiger partial charge >= 0.3 is 0 Å². The van der Waals surface area contributed by atoms with Gasteiger partial charge in [0.1, 0.15) is 6.61 Å². The van der Waals surface area contributed by atoms with E-state index in [0.29, 0.717) is 16.8 Å². The number of anilines is 1. The summed E-state index contributed by atoms with van der Waals surface area (Å²) in [5, 5.41) is 6.03. The van der Waals surface area contributed by atoms with Crippen LogP contribution in [0.2, 0.25) is 0 Å². The lowest BCUT2D eigenvalue weighted by atomic mass is 10.0. The number of carbonyl (C=O) groups is 1. The highest BCUT2D eigenvalue weighted by Gasteiger charge is 2.13. The summed E-state index contributed by atoms with van der Waals surface area (Å²) in [5.41, 5.74) is 12.9. The van der Waals surface area contributed by atoms with Gasteiger partial charge in [-0.1, -0.05) is 43.8 Å². The minimum absolute atomic E-state index is 0. The molecule has 11 heteroatoms. The zero-order chi connectivity index (χ0) is 23.3. The Labute approximate surface area is 183 Å². The second-order valence-corrected chi connectivity index (χ2v) is 8.09. The van der Waals surface area contributed by atoms with Gasteiger partial charge in [0.05, 0.1) is 18.7 Å². The van der Waals surface area contributed by atoms with Crippen LogP contribution >= 0.6 is 0 Å². The van der Waals surface area contributed by atoms with Crippen molar-refractivity contribution < 1.29 is 22.8 Å². The molecule has 0 aliphatic heterocycles. The van der Waals surface area contributed by atoms with Crippen molar-refractivity contribution >= 4 is 27.6 Å². The average Bonchev–Trinajstić information content (AvgIpc) is 2.71. The summed E-state index contributed by atoms with van der Waals surface area (Å²) in [6, 6.07) is 14.0. The van der Waals surface area contributed by atoms with Crippen molar-refractivity contribution in [3.63, 3.8) is 0 Å². The molecule has 0 spiro atoms. The molecule has 0 unspecified atom stereocenters. The van der Waals surface area contributed by atoms with E-state index in [2.05, 4.69) is 16.6 Å². The summed E-state index contributed by atoms with van der Waals surface area (Å²) in [6.45, 7) is 2.21. The highest BCUT2D eigenvalue weighted by atomic mass is 32.2. The van der Waals surface area contributed by atoms with E-state index < -0.39 is 10.0 Å². The third kappa shape index (κ3) is 10.3. The van der Waals surface area contributed by atoms with Crippen LogP contribution in [0.15, 0.2) is 53.7 Å². The topological polar surface area (TPSA) is 149 Å². The summed E-state index contributed by atoms with van der Waals surface area (Å²) in [6.07, 6.45) is 0.0996. The van der Waals surface area contributed by atoms with Gasteiger partial charge in [-0.25, -0.2) is 8.42 Å². The summed E-state index contributed by atoms with van der Waals surface area (Å²) in [4.78, 5) is 16.9. The SMILES string of the molecule is C.Cc1ccc(NS(=O)(=O)Cc2ccccc2)cc1CC(=O)NCCON=C(N)N.[3H]F. The Morgan fingerprint density at radius 3 is 2.52 bits per heavy atom. The van der Waals surface area contributed by atoms with Crippen molar-refractivity contribution in [3.05, 3.63) is 65.2 Å². The third-order valence-corrected chi connectivity index (χ3v) is 5.12. The van der Waals surface area contributed by atoms with Crippen molar-refractivity contribution in [2.75, 3.05) is 17.9 Å². The van der Waals surface area contributed by atoms with E-state index in [4.69, 9.17) is 21.0 Å². The number of oxime groups is 1. The molecule has 0 saturated carbocycles. The molecule has 2 rings (SSSR count). The normalized spacial score (nSPS) is 10.3. The van der Waals surface area contributed by atoms with Gasteiger partial charge in [-0.15, -0.1) is 0 Å². The minimum atomic E-state index is -3.57. The van der Waals surface area contributed by atoms with Gasteiger partial charge in [0.15, 0.2) is 0 Å². The van der Waals surface area contributed by atoms with Crippen molar-refractivity contribution in [2.24, 2.45) is 16.6 Å². The molecule has 2 aromatic rings. The zero-order valence-corrected chi connectivity index (χ0v) is 17.3.